The maximum Gasteiger partial charge on any atom is -0.0215 e. The smallest absolute Gasteiger partial charge is 0.0215 e. The standard InChI is InChI=1S/C8H10.CH4S/c1-7-3-5-8(2)6-4-7;1-2/h3-6H,1-2H3;2H,1H3. The zero-order valence-electron chi connectivity index (χ0n) is 6.76. The van der Waals surface area contributed by atoms with E-state index in [1.165, 1.54) is 11.1 Å². The van der Waals surface area contributed by atoms with Crippen LogP contribution in [0.1, 0.15) is 11.1 Å². The maximum atomic E-state index is 3.53. The van der Waals surface area contributed by atoms with Crippen LogP contribution in [0.15, 0.2) is 24.3 Å². The lowest BCUT2D eigenvalue weighted by atomic mass is 10.2. The van der Waals surface area contributed by atoms with Crippen LogP contribution < -0.4 is 0 Å². The van der Waals surface area contributed by atoms with Gasteiger partial charge in [-0.1, -0.05) is 35.4 Å². The molecular weight excluding hydrogens is 140 g/mol. The summed E-state index contributed by atoms with van der Waals surface area (Å²) in [6.45, 7) is 4.19. The fourth-order valence-electron chi connectivity index (χ4n) is 0.637. The fourth-order valence-corrected chi connectivity index (χ4v) is 0.637. The van der Waals surface area contributed by atoms with Crippen LogP contribution in [0.4, 0.5) is 0 Å². The molecule has 0 fully saturated rings. The molecule has 0 atom stereocenters. The van der Waals surface area contributed by atoms with Gasteiger partial charge in [0.15, 0.2) is 0 Å². The van der Waals surface area contributed by atoms with Gasteiger partial charge in [-0.15, -0.1) is 0 Å². The van der Waals surface area contributed by atoms with Crippen LogP contribution in [-0.2, 0) is 0 Å². The zero-order valence-corrected chi connectivity index (χ0v) is 7.65. The molecule has 0 unspecified atom stereocenters. The number of rotatable bonds is 0. The summed E-state index contributed by atoms with van der Waals surface area (Å²) in [5, 5.41) is 0. The third kappa shape index (κ3) is 3.57. The van der Waals surface area contributed by atoms with Crippen LogP contribution >= 0.6 is 12.6 Å². The molecule has 0 radical (unpaired) electrons. The van der Waals surface area contributed by atoms with Gasteiger partial charge < -0.3 is 0 Å². The van der Waals surface area contributed by atoms with Gasteiger partial charge in [-0.2, -0.15) is 12.6 Å². The second-order valence-electron chi connectivity index (χ2n) is 2.15. The Morgan fingerprint density at radius 3 is 1.20 bits per heavy atom. The van der Waals surface area contributed by atoms with Gasteiger partial charge >= 0.3 is 0 Å². The Balaban J connectivity index is 0.000000371. The highest BCUT2D eigenvalue weighted by Gasteiger charge is 1.79. The summed E-state index contributed by atoms with van der Waals surface area (Å²) in [6, 6.07) is 8.48. The van der Waals surface area contributed by atoms with Crippen LogP contribution in [0.2, 0.25) is 0 Å². The van der Waals surface area contributed by atoms with Crippen molar-refractivity contribution in [2.75, 3.05) is 6.26 Å². The average molecular weight is 154 g/mol. The molecule has 0 aliphatic rings. The number of hydrogen-bond donors (Lipinski definition) is 1. The van der Waals surface area contributed by atoms with E-state index in [-0.39, 0.29) is 0 Å². The van der Waals surface area contributed by atoms with Gasteiger partial charge in [0, 0.05) is 0 Å². The van der Waals surface area contributed by atoms with E-state index in [0.29, 0.717) is 0 Å². The zero-order chi connectivity index (χ0) is 7.98. The molecule has 0 aliphatic carbocycles. The Labute approximate surface area is 68.7 Å². The maximum absolute atomic E-state index is 3.53. The summed E-state index contributed by atoms with van der Waals surface area (Å²) in [4.78, 5) is 0. The van der Waals surface area contributed by atoms with Crippen molar-refractivity contribution < 1.29 is 0 Å². The molecule has 0 aromatic heterocycles. The van der Waals surface area contributed by atoms with Gasteiger partial charge in [-0.25, -0.2) is 0 Å². The Morgan fingerprint density at radius 2 is 1.00 bits per heavy atom. The molecule has 0 spiro atoms. The topological polar surface area (TPSA) is 0 Å². The third-order valence-corrected chi connectivity index (χ3v) is 1.22. The number of thiol groups is 1. The van der Waals surface area contributed by atoms with E-state index in [2.05, 4.69) is 50.7 Å². The monoisotopic (exact) mass is 154 g/mol. The van der Waals surface area contributed by atoms with E-state index in [1.807, 2.05) is 0 Å². The van der Waals surface area contributed by atoms with E-state index in [4.69, 9.17) is 0 Å². The van der Waals surface area contributed by atoms with Gasteiger partial charge in [0.05, 0.1) is 0 Å². The fraction of sp³-hybridized carbons (Fsp3) is 0.333. The van der Waals surface area contributed by atoms with Crippen molar-refractivity contribution in [3.63, 3.8) is 0 Å². The van der Waals surface area contributed by atoms with Crippen LogP contribution in [0.3, 0.4) is 0 Å². The molecule has 0 heterocycles. The first-order chi connectivity index (χ1) is 4.79. The Bertz CT molecular complexity index is 144. The van der Waals surface area contributed by atoms with Crippen molar-refractivity contribution in [2.45, 2.75) is 13.8 Å². The first-order valence-electron chi connectivity index (χ1n) is 3.27. The van der Waals surface area contributed by atoms with Crippen LogP contribution in [-0.4, -0.2) is 6.26 Å². The molecule has 0 aliphatic heterocycles. The molecule has 56 valence electrons. The van der Waals surface area contributed by atoms with Crippen LogP contribution in [0.5, 0.6) is 0 Å². The van der Waals surface area contributed by atoms with E-state index in [1.54, 1.807) is 6.26 Å². The number of benzene rings is 1. The quantitative estimate of drug-likeness (QED) is 0.546. The molecule has 0 nitrogen and oxygen atoms in total. The molecule has 1 aromatic rings. The minimum Gasteiger partial charge on any atom is -0.183 e. The second-order valence-corrected chi connectivity index (χ2v) is 2.15. The molecule has 1 rings (SSSR count). The van der Waals surface area contributed by atoms with Gasteiger partial charge in [0.1, 0.15) is 0 Å². The van der Waals surface area contributed by atoms with Crippen molar-refractivity contribution in [1.29, 1.82) is 0 Å². The van der Waals surface area contributed by atoms with Crippen molar-refractivity contribution in [1.82, 2.24) is 0 Å². The molecule has 0 N–H and O–H groups in total. The minimum atomic E-state index is 1.33. The van der Waals surface area contributed by atoms with Gasteiger partial charge in [0.25, 0.3) is 0 Å². The molecule has 0 saturated heterocycles. The summed E-state index contributed by atoms with van der Waals surface area (Å²) in [6.07, 6.45) is 1.69. The summed E-state index contributed by atoms with van der Waals surface area (Å²) < 4.78 is 0. The Hall–Kier alpha value is -0.430. The summed E-state index contributed by atoms with van der Waals surface area (Å²) in [7, 11) is 0. The second kappa shape index (κ2) is 5.36. The van der Waals surface area contributed by atoms with Crippen molar-refractivity contribution in [3.05, 3.63) is 35.4 Å². The first kappa shape index (κ1) is 9.57. The lowest BCUT2D eigenvalue weighted by Gasteiger charge is -1.90. The van der Waals surface area contributed by atoms with Gasteiger partial charge in [-0.3, -0.25) is 0 Å². The molecular formula is C9H14S. The van der Waals surface area contributed by atoms with Crippen molar-refractivity contribution in [3.8, 4) is 0 Å². The van der Waals surface area contributed by atoms with Crippen LogP contribution in [0.25, 0.3) is 0 Å². The van der Waals surface area contributed by atoms with Gasteiger partial charge in [0.2, 0.25) is 0 Å². The summed E-state index contributed by atoms with van der Waals surface area (Å²) >= 11 is 3.53. The number of hydrogen-bond acceptors (Lipinski definition) is 1. The van der Waals surface area contributed by atoms with E-state index in [0.717, 1.165) is 0 Å². The third-order valence-electron chi connectivity index (χ3n) is 1.22. The molecule has 0 saturated carbocycles. The van der Waals surface area contributed by atoms with Crippen molar-refractivity contribution in [2.24, 2.45) is 0 Å². The molecule has 1 aromatic carbocycles. The highest BCUT2D eigenvalue weighted by molar-refractivity contribution is 7.79. The summed E-state index contributed by atoms with van der Waals surface area (Å²) in [5.41, 5.74) is 2.66. The molecule has 0 amide bonds. The molecule has 10 heavy (non-hydrogen) atoms. The minimum absolute atomic E-state index is 1.33. The summed E-state index contributed by atoms with van der Waals surface area (Å²) in [5.74, 6) is 0. The number of aryl methyl sites for hydroxylation is 2. The van der Waals surface area contributed by atoms with E-state index >= 15 is 0 Å². The lowest BCUT2D eigenvalue weighted by Crippen LogP contribution is -1.70. The highest BCUT2D eigenvalue weighted by atomic mass is 32.1. The van der Waals surface area contributed by atoms with E-state index in [9.17, 15) is 0 Å². The SMILES string of the molecule is CS.Cc1ccc(C)cc1. The van der Waals surface area contributed by atoms with Crippen molar-refractivity contribution >= 4 is 12.6 Å². The predicted molar refractivity (Wildman–Crippen MR) is 50.8 cm³/mol. The normalized spacial score (nSPS) is 8.00. The lowest BCUT2D eigenvalue weighted by molar-refractivity contribution is 1.40. The van der Waals surface area contributed by atoms with E-state index < -0.39 is 0 Å². The average Bonchev–Trinajstić information content (AvgIpc) is 2.00. The largest absolute Gasteiger partial charge is 0.183 e. The Morgan fingerprint density at radius 1 is 0.800 bits per heavy atom. The Kier molecular flexibility index (Phi) is 5.13. The molecule has 1 heteroatoms. The molecule has 0 bridgehead atoms. The van der Waals surface area contributed by atoms with Crippen LogP contribution in [0, 0.1) is 13.8 Å². The predicted octanol–water partition coefficient (Wildman–Crippen LogP) is 2.85. The first-order valence-corrected chi connectivity index (χ1v) is 4.16. The highest BCUT2D eigenvalue weighted by Crippen LogP contribution is 1.99. The van der Waals surface area contributed by atoms with Gasteiger partial charge in [-0.05, 0) is 20.1 Å².